The molecule has 7 N–H and O–H groups in total. The topological polar surface area (TPSA) is 203 Å². The second-order valence-corrected chi connectivity index (χ2v) is 16.2. The van der Waals surface area contributed by atoms with Gasteiger partial charge in [0.2, 0.25) is 5.91 Å². The van der Waals surface area contributed by atoms with Gasteiger partial charge in [-0.2, -0.15) is 0 Å². The number of aliphatic hydroxyl groups excluding tert-OH is 1. The number of allylic oxidation sites excluding steroid dienone is 9. The molecule has 64 heavy (non-hydrogen) atoms. The van der Waals surface area contributed by atoms with E-state index in [9.17, 15) is 29.7 Å². The molecular formula is C52H52N6O6. The molecule has 4 aliphatic rings. The Morgan fingerprint density at radius 3 is 1.92 bits per heavy atom. The Balaban J connectivity index is 1.50. The number of aromatic amines is 1. The predicted octanol–water partition coefficient (Wildman–Crippen LogP) is 8.58. The molecule has 0 saturated carbocycles. The van der Waals surface area contributed by atoms with Gasteiger partial charge in [0.05, 0.1) is 51.9 Å². The Morgan fingerprint density at radius 2 is 1.30 bits per heavy atom. The first-order chi connectivity index (χ1) is 30.7. The number of hydrogen-bond acceptors (Lipinski definition) is 8. The van der Waals surface area contributed by atoms with Crippen molar-refractivity contribution in [1.82, 2.24) is 10.3 Å². The molecule has 2 aromatic carbocycles. The fourth-order valence-electron chi connectivity index (χ4n) is 8.53. The molecule has 5 heterocycles. The lowest BCUT2D eigenvalue weighted by molar-refractivity contribution is -0.138. The third kappa shape index (κ3) is 9.18. The van der Waals surface area contributed by atoms with E-state index in [0.29, 0.717) is 62.3 Å². The van der Waals surface area contributed by atoms with Crippen molar-refractivity contribution in [1.29, 1.82) is 0 Å². The van der Waals surface area contributed by atoms with Gasteiger partial charge in [-0.25, -0.2) is 15.0 Å². The van der Waals surface area contributed by atoms with Crippen molar-refractivity contribution in [2.45, 2.75) is 78.3 Å². The van der Waals surface area contributed by atoms with Crippen molar-refractivity contribution < 1.29 is 29.7 Å². The van der Waals surface area contributed by atoms with Crippen LogP contribution in [0.5, 0.6) is 0 Å². The summed E-state index contributed by atoms with van der Waals surface area (Å²) in [4.78, 5) is 56.8. The summed E-state index contributed by atoms with van der Waals surface area (Å²) in [5.41, 5.74) is 18.7. The number of benzene rings is 2. The van der Waals surface area contributed by atoms with Crippen LogP contribution in [0.4, 0.5) is 0 Å². The molecule has 0 aliphatic carbocycles. The van der Waals surface area contributed by atoms with E-state index in [2.05, 4.69) is 23.5 Å². The lowest BCUT2D eigenvalue weighted by atomic mass is 9.89. The van der Waals surface area contributed by atoms with Crippen molar-refractivity contribution in [3.8, 4) is 0 Å². The number of amides is 1. The number of nitrogens with zero attached hydrogens (tertiary/aromatic N) is 3. The summed E-state index contributed by atoms with van der Waals surface area (Å²) in [5.74, 6) is -2.54. The molecule has 8 bridgehead atoms. The number of carboxylic acid groups (broad SMARTS) is 2. The molecule has 4 aliphatic heterocycles. The lowest BCUT2D eigenvalue weighted by Crippen LogP contribution is -2.48. The first kappa shape index (κ1) is 44.6. The molecule has 0 radical (unpaired) electrons. The van der Waals surface area contributed by atoms with Crippen LogP contribution in [-0.2, 0) is 33.6 Å². The number of H-pyrrole nitrogens is 1. The van der Waals surface area contributed by atoms with Crippen LogP contribution in [0, 0.1) is 6.92 Å². The highest BCUT2D eigenvalue weighted by Gasteiger charge is 2.36. The zero-order chi connectivity index (χ0) is 45.8. The van der Waals surface area contributed by atoms with Crippen LogP contribution in [0.2, 0.25) is 0 Å². The first-order valence-electron chi connectivity index (χ1n) is 21.2. The highest BCUT2D eigenvalue weighted by molar-refractivity contribution is 6.38. The second kappa shape index (κ2) is 18.9. The van der Waals surface area contributed by atoms with Crippen LogP contribution >= 0.6 is 0 Å². The van der Waals surface area contributed by atoms with Gasteiger partial charge in [-0.3, -0.25) is 14.4 Å². The van der Waals surface area contributed by atoms with Crippen LogP contribution in [0.25, 0.3) is 12.2 Å². The standard InChI is InChI=1S/C52H52N6O6/c1-7-34-31(6)49-48(51(63)45(24-33-17-13-10-14-18-33)58-52(64)38(53)23-32-15-11-9-12-16-32)50-35(8-2)28(3)41(56-50)25-39-29(4)36(19-21-46(59)60)43(54-39)27-44-37(20-22-47(61)62)30(5)40(55-44)26-42(34)57-49/h7-18,25-27,38,45,55,63H,1-2,19-24,53H2,3-6H3,(H,58,64)(H,59,60)(H,61,62)/t38-,45-/m0/s1. The monoisotopic (exact) mass is 856 g/mol. The number of nitrogens with one attached hydrogen (secondary N) is 2. The number of aliphatic carboxylic acids is 2. The average Bonchev–Trinajstić information content (AvgIpc) is 3.95. The fraction of sp³-hybridized carbons (Fsp3) is 0.231. The van der Waals surface area contributed by atoms with Gasteiger partial charge in [-0.05, 0) is 116 Å². The van der Waals surface area contributed by atoms with Gasteiger partial charge in [-0.1, -0.05) is 86.0 Å². The van der Waals surface area contributed by atoms with Crippen molar-refractivity contribution in [3.63, 3.8) is 0 Å². The quantitative estimate of drug-likeness (QED) is 0.0822. The molecule has 1 aromatic heterocycles. The highest BCUT2D eigenvalue weighted by atomic mass is 16.4. The summed E-state index contributed by atoms with van der Waals surface area (Å²) in [6.07, 6.45) is 9.62. The third-order valence-corrected chi connectivity index (χ3v) is 12.1. The van der Waals surface area contributed by atoms with Gasteiger partial charge in [0.15, 0.2) is 0 Å². The minimum Gasteiger partial charge on any atom is -0.509 e. The summed E-state index contributed by atoms with van der Waals surface area (Å²) in [6, 6.07) is 17.1. The van der Waals surface area contributed by atoms with Crippen LogP contribution in [0.15, 0.2) is 169 Å². The number of rotatable bonds is 15. The molecule has 3 aromatic rings. The summed E-state index contributed by atoms with van der Waals surface area (Å²) < 4.78 is 0. The highest BCUT2D eigenvalue weighted by Crippen LogP contribution is 2.40. The van der Waals surface area contributed by atoms with Gasteiger partial charge < -0.3 is 31.4 Å². The van der Waals surface area contributed by atoms with E-state index >= 15 is 0 Å². The van der Waals surface area contributed by atoms with Gasteiger partial charge >= 0.3 is 11.9 Å². The number of aromatic nitrogens is 1. The van der Waals surface area contributed by atoms with Crippen molar-refractivity contribution in [2.24, 2.45) is 20.7 Å². The van der Waals surface area contributed by atoms with E-state index in [-0.39, 0.29) is 49.9 Å². The summed E-state index contributed by atoms with van der Waals surface area (Å²) >= 11 is 0. The fourth-order valence-corrected chi connectivity index (χ4v) is 8.53. The number of hydrogen-bond donors (Lipinski definition) is 6. The molecule has 0 unspecified atom stereocenters. The molecule has 7 rings (SSSR count). The van der Waals surface area contributed by atoms with Crippen LogP contribution in [0.3, 0.4) is 0 Å². The first-order valence-corrected chi connectivity index (χ1v) is 21.2. The SMILES string of the molecule is C=CC1=C(C)C2=NC1=Cc1[nH]c(c(CCC(=O)O)c1C)C=C1N=C(C=C3N=C(C(C=C)=C3C)C2=C(O)[C@H](Cc2ccccc2)NC(=O)[C@@H](N)Cc2ccccc2)C(C)=C1CCC(=O)O. The molecule has 0 spiro atoms. The smallest absolute Gasteiger partial charge is 0.303 e. The van der Waals surface area contributed by atoms with Gasteiger partial charge in [0.1, 0.15) is 5.76 Å². The molecule has 326 valence electrons. The maximum atomic E-state index is 14.1. The molecule has 0 saturated heterocycles. The second-order valence-electron chi connectivity index (χ2n) is 16.2. The zero-order valence-corrected chi connectivity index (χ0v) is 36.5. The number of fused-ring (bicyclic) bond motifs is 5. The molecule has 12 heteroatoms. The number of carbonyl (C=O) groups is 3. The Bertz CT molecular complexity index is 2800. The van der Waals surface area contributed by atoms with E-state index in [1.165, 1.54) is 0 Å². The number of aliphatic imine (C=N–C) groups is 3. The lowest BCUT2D eigenvalue weighted by Gasteiger charge is -2.24. The Kier molecular flexibility index (Phi) is 13.2. The van der Waals surface area contributed by atoms with E-state index in [4.69, 9.17) is 20.7 Å². The Hall–Kier alpha value is -7.44. The summed E-state index contributed by atoms with van der Waals surface area (Å²) in [5, 5.41) is 35.5. The third-order valence-electron chi connectivity index (χ3n) is 12.1. The maximum absolute atomic E-state index is 14.1. The van der Waals surface area contributed by atoms with Gasteiger partial charge in [-0.15, -0.1) is 0 Å². The van der Waals surface area contributed by atoms with Gasteiger partial charge in [0.25, 0.3) is 0 Å². The van der Waals surface area contributed by atoms with Crippen LogP contribution < -0.4 is 11.1 Å². The largest absolute Gasteiger partial charge is 0.509 e. The van der Waals surface area contributed by atoms with Gasteiger partial charge in [0, 0.05) is 35.4 Å². The molecular weight excluding hydrogens is 805 g/mol. The van der Waals surface area contributed by atoms with E-state index < -0.39 is 29.9 Å². The summed E-state index contributed by atoms with van der Waals surface area (Å²) in [6.45, 7) is 15.9. The minimum absolute atomic E-state index is 0.117. The zero-order valence-electron chi connectivity index (χ0n) is 36.5. The number of nitrogens with two attached hydrogens (primary N) is 1. The number of carboxylic acids is 2. The molecule has 2 atom stereocenters. The van der Waals surface area contributed by atoms with Crippen LogP contribution in [-0.4, -0.2) is 67.4 Å². The molecule has 1 amide bonds. The summed E-state index contributed by atoms with van der Waals surface area (Å²) in [7, 11) is 0. The Labute approximate surface area is 372 Å². The van der Waals surface area contributed by atoms with E-state index in [1.807, 2.05) is 107 Å². The predicted molar refractivity (Wildman–Crippen MR) is 253 cm³/mol. The Morgan fingerprint density at radius 1 is 0.703 bits per heavy atom. The van der Waals surface area contributed by atoms with Crippen LogP contribution in [0.1, 0.15) is 73.7 Å². The van der Waals surface area contributed by atoms with E-state index in [0.717, 1.165) is 39.0 Å². The molecule has 0 fully saturated rings. The van der Waals surface area contributed by atoms with E-state index in [1.54, 1.807) is 12.2 Å². The minimum atomic E-state index is -0.992. The number of aliphatic hydroxyl groups is 1. The van der Waals surface area contributed by atoms with Crippen molar-refractivity contribution >= 4 is 47.1 Å². The van der Waals surface area contributed by atoms with Crippen molar-refractivity contribution in [3.05, 3.63) is 188 Å². The number of carbonyl (C=O) groups excluding carboxylic acids is 1. The van der Waals surface area contributed by atoms with Crippen molar-refractivity contribution in [2.75, 3.05) is 0 Å². The average molecular weight is 857 g/mol. The maximum Gasteiger partial charge on any atom is 0.303 e. The normalized spacial score (nSPS) is 17.5. The molecule has 12 nitrogen and oxygen atoms in total.